The number of anilines is 2. The number of nitrogens with zero attached hydrogens (tertiary/aromatic N) is 3. The van der Waals surface area contributed by atoms with Crippen LogP contribution in [-0.2, 0) is 11.0 Å². The second kappa shape index (κ2) is 7.85. The quantitative estimate of drug-likeness (QED) is 0.657. The van der Waals surface area contributed by atoms with Gasteiger partial charge in [-0.2, -0.15) is 18.4 Å². The van der Waals surface area contributed by atoms with Crippen molar-refractivity contribution in [2.75, 3.05) is 23.0 Å². The molecule has 1 spiro atoms. The molecule has 0 aromatic heterocycles. The van der Waals surface area contributed by atoms with E-state index in [1.807, 2.05) is 0 Å². The van der Waals surface area contributed by atoms with E-state index >= 15 is 0 Å². The zero-order chi connectivity index (χ0) is 24.3. The van der Waals surface area contributed by atoms with Crippen LogP contribution < -0.4 is 19.3 Å². The molecule has 11 heteroatoms. The number of aliphatic hydroxyl groups is 1. The van der Waals surface area contributed by atoms with Crippen LogP contribution in [0.3, 0.4) is 0 Å². The Bertz CT molecular complexity index is 1240. The number of aliphatic hydroxyl groups excluding tert-OH is 1. The van der Waals surface area contributed by atoms with Crippen LogP contribution in [0.5, 0.6) is 11.5 Å². The number of thiocarbonyl (C=S) groups is 1. The van der Waals surface area contributed by atoms with E-state index in [0.717, 1.165) is 23.5 Å². The Morgan fingerprint density at radius 2 is 1.91 bits per heavy atom. The van der Waals surface area contributed by atoms with Gasteiger partial charge in [-0.25, -0.2) is 0 Å². The average Bonchev–Trinajstić information content (AvgIpc) is 3.04. The summed E-state index contributed by atoms with van der Waals surface area (Å²) in [5, 5.41) is 18.4. The molecule has 0 unspecified atom stereocenters. The Morgan fingerprint density at radius 1 is 1.18 bits per heavy atom. The van der Waals surface area contributed by atoms with Crippen molar-refractivity contribution in [2.24, 2.45) is 0 Å². The fourth-order valence-corrected chi connectivity index (χ4v) is 5.01. The van der Waals surface area contributed by atoms with E-state index in [-0.39, 0.29) is 24.0 Å². The van der Waals surface area contributed by atoms with E-state index in [9.17, 15) is 23.1 Å². The minimum absolute atomic E-state index is 0.0431. The maximum atomic E-state index is 13.6. The summed E-state index contributed by atoms with van der Waals surface area (Å²) in [7, 11) is 0. The summed E-state index contributed by atoms with van der Waals surface area (Å²) in [4.78, 5) is 16.3. The lowest BCUT2D eigenvalue weighted by Gasteiger charge is -2.43. The van der Waals surface area contributed by atoms with Crippen LogP contribution in [0.25, 0.3) is 0 Å². The van der Waals surface area contributed by atoms with Crippen molar-refractivity contribution in [3.05, 3.63) is 47.5 Å². The van der Waals surface area contributed by atoms with Gasteiger partial charge in [0.15, 0.2) is 22.7 Å². The van der Waals surface area contributed by atoms with Gasteiger partial charge in [-0.1, -0.05) is 0 Å². The summed E-state index contributed by atoms with van der Waals surface area (Å²) in [6.07, 6.45) is -3.50. The summed E-state index contributed by atoms with van der Waals surface area (Å²) in [6, 6.07) is 9.70. The first kappa shape index (κ1) is 22.4. The summed E-state index contributed by atoms with van der Waals surface area (Å²) < 4.78 is 52.0. The molecule has 0 bridgehead atoms. The molecule has 1 saturated carbocycles. The molecule has 7 nitrogen and oxygen atoms in total. The minimum atomic E-state index is -4.76. The van der Waals surface area contributed by atoms with Crippen molar-refractivity contribution in [1.29, 1.82) is 5.26 Å². The molecule has 2 aromatic rings. The Hall–Kier alpha value is -3.36. The number of nitriles is 1. The minimum Gasteiger partial charge on any atom is -0.486 e. The van der Waals surface area contributed by atoms with Crippen LogP contribution in [-0.4, -0.2) is 41.0 Å². The second-order valence-electron chi connectivity index (χ2n) is 8.35. The summed E-state index contributed by atoms with van der Waals surface area (Å²) in [6.45, 7) is -0.0481. The van der Waals surface area contributed by atoms with Crippen LogP contribution in [0.4, 0.5) is 24.5 Å². The van der Waals surface area contributed by atoms with Gasteiger partial charge >= 0.3 is 6.18 Å². The zero-order valence-corrected chi connectivity index (χ0v) is 18.4. The Morgan fingerprint density at radius 3 is 2.53 bits per heavy atom. The van der Waals surface area contributed by atoms with Crippen LogP contribution in [0.15, 0.2) is 36.4 Å². The third kappa shape index (κ3) is 3.28. The molecular formula is C23H18F3N3O4S. The summed E-state index contributed by atoms with van der Waals surface area (Å²) in [5.41, 5.74) is -2.15. The van der Waals surface area contributed by atoms with Crippen molar-refractivity contribution >= 4 is 34.6 Å². The molecule has 5 rings (SSSR count). The van der Waals surface area contributed by atoms with Crippen molar-refractivity contribution in [3.8, 4) is 17.6 Å². The van der Waals surface area contributed by atoms with Gasteiger partial charge in [0.1, 0.15) is 12.1 Å². The number of hydrogen-bond donors (Lipinski definition) is 1. The second-order valence-corrected chi connectivity index (χ2v) is 8.71. The molecule has 1 N–H and O–H groups in total. The topological polar surface area (TPSA) is 86.0 Å². The highest BCUT2D eigenvalue weighted by Gasteiger charge is 2.59. The number of hydrogen-bond acceptors (Lipinski definition) is 6. The van der Waals surface area contributed by atoms with E-state index in [0.29, 0.717) is 30.0 Å². The number of amides is 1. The molecular weight excluding hydrogens is 471 g/mol. The SMILES string of the molecule is N#Cc1ccc(N2C(=O)C3(CCC3)N(c3ccc4c(c3)OC[C@H](CO)O4)C2=S)cc1C(F)(F)F. The third-order valence-electron chi connectivity index (χ3n) is 6.39. The fraction of sp³-hybridized carbons (Fsp3) is 0.348. The predicted molar refractivity (Wildman–Crippen MR) is 119 cm³/mol. The molecule has 2 heterocycles. The molecule has 0 radical (unpaired) electrons. The maximum absolute atomic E-state index is 13.6. The number of carbonyl (C=O) groups excluding carboxylic acids is 1. The normalized spacial score (nSPS) is 21.0. The Balaban J connectivity index is 1.55. The molecule has 1 aliphatic carbocycles. The molecule has 176 valence electrons. The Labute approximate surface area is 197 Å². The van der Waals surface area contributed by atoms with Crippen LogP contribution in [0.2, 0.25) is 0 Å². The largest absolute Gasteiger partial charge is 0.486 e. The van der Waals surface area contributed by atoms with Gasteiger partial charge < -0.3 is 19.5 Å². The van der Waals surface area contributed by atoms with E-state index < -0.39 is 34.9 Å². The van der Waals surface area contributed by atoms with Gasteiger partial charge in [-0.15, -0.1) is 0 Å². The molecule has 2 fully saturated rings. The number of benzene rings is 2. The van der Waals surface area contributed by atoms with E-state index in [1.165, 1.54) is 6.07 Å². The number of carbonyl (C=O) groups is 1. The number of halogens is 3. The van der Waals surface area contributed by atoms with Gasteiger partial charge in [-0.05, 0) is 61.8 Å². The average molecular weight is 489 g/mol. The van der Waals surface area contributed by atoms with E-state index in [1.54, 1.807) is 29.2 Å². The first-order chi connectivity index (χ1) is 16.2. The monoisotopic (exact) mass is 489 g/mol. The van der Waals surface area contributed by atoms with Crippen molar-refractivity contribution < 1.29 is 32.5 Å². The number of alkyl halides is 3. The highest BCUT2D eigenvalue weighted by atomic mass is 32.1. The van der Waals surface area contributed by atoms with Gasteiger partial charge in [-0.3, -0.25) is 9.69 Å². The van der Waals surface area contributed by atoms with Crippen LogP contribution in [0.1, 0.15) is 30.4 Å². The summed E-state index contributed by atoms with van der Waals surface area (Å²) in [5.74, 6) is 0.451. The number of ether oxygens (including phenoxy) is 2. The molecule has 34 heavy (non-hydrogen) atoms. The first-order valence-corrected chi connectivity index (χ1v) is 10.9. The maximum Gasteiger partial charge on any atom is 0.417 e. The van der Waals surface area contributed by atoms with E-state index in [4.69, 9.17) is 27.0 Å². The summed E-state index contributed by atoms with van der Waals surface area (Å²) >= 11 is 5.62. The van der Waals surface area contributed by atoms with Crippen LogP contribution >= 0.6 is 12.2 Å². The lowest BCUT2D eigenvalue weighted by atomic mass is 9.75. The lowest BCUT2D eigenvalue weighted by molar-refractivity contribution is -0.137. The highest BCUT2D eigenvalue weighted by molar-refractivity contribution is 7.81. The first-order valence-electron chi connectivity index (χ1n) is 10.5. The van der Waals surface area contributed by atoms with Gasteiger partial charge in [0.2, 0.25) is 0 Å². The van der Waals surface area contributed by atoms with Crippen LogP contribution in [0, 0.1) is 11.3 Å². The smallest absolute Gasteiger partial charge is 0.417 e. The molecule has 1 saturated heterocycles. The third-order valence-corrected chi connectivity index (χ3v) is 6.75. The lowest BCUT2D eigenvalue weighted by Crippen LogP contribution is -2.55. The molecule has 1 atom stereocenters. The zero-order valence-electron chi connectivity index (χ0n) is 17.6. The van der Waals surface area contributed by atoms with E-state index in [2.05, 4.69) is 0 Å². The molecule has 2 aromatic carbocycles. The van der Waals surface area contributed by atoms with Gasteiger partial charge in [0.05, 0.1) is 29.5 Å². The van der Waals surface area contributed by atoms with Gasteiger partial charge in [0, 0.05) is 11.8 Å². The highest BCUT2D eigenvalue weighted by Crippen LogP contribution is 2.49. The van der Waals surface area contributed by atoms with Gasteiger partial charge in [0.25, 0.3) is 5.91 Å². The van der Waals surface area contributed by atoms with Crippen molar-refractivity contribution in [2.45, 2.75) is 37.1 Å². The molecule has 2 aliphatic heterocycles. The predicted octanol–water partition coefficient (Wildman–Crippen LogP) is 3.77. The molecule has 3 aliphatic rings. The molecule has 1 amide bonds. The number of rotatable bonds is 3. The Kier molecular flexibility index (Phi) is 5.18. The van der Waals surface area contributed by atoms with Crippen molar-refractivity contribution in [1.82, 2.24) is 0 Å². The number of fused-ring (bicyclic) bond motifs is 1. The van der Waals surface area contributed by atoms with Crippen molar-refractivity contribution in [3.63, 3.8) is 0 Å². The fourth-order valence-electron chi connectivity index (χ4n) is 4.54. The standard InChI is InChI=1S/C23H18F3N3O4S/c24-23(25,26)17-8-14(3-2-13(17)10-27)28-20(31)22(6-1-7-22)29(21(28)34)15-4-5-18-19(9-15)32-12-16(11-30)33-18/h2-5,8-9,16,30H,1,6-7,11-12H2/t16-/m0/s1.